The number of hydrogen-bond donors (Lipinski definition) is 1. The van der Waals surface area contributed by atoms with Gasteiger partial charge in [-0.05, 0) is 31.2 Å². The third-order valence-electron chi connectivity index (χ3n) is 5.51. The minimum Gasteiger partial charge on any atom is -0.494 e. The van der Waals surface area contributed by atoms with Crippen LogP contribution in [0.4, 0.5) is 10.3 Å². The van der Waals surface area contributed by atoms with E-state index in [1.807, 2.05) is 67.7 Å². The lowest BCUT2D eigenvalue weighted by Crippen LogP contribution is -2.38. The Morgan fingerprint density at radius 3 is 2.57 bits per heavy atom. The molecule has 0 radical (unpaired) electrons. The molecule has 1 heterocycles. The summed E-state index contributed by atoms with van der Waals surface area (Å²) in [7, 11) is 0. The molecule has 8 heteroatoms. The molecule has 0 bridgehead atoms. The van der Waals surface area contributed by atoms with E-state index in [0.717, 1.165) is 11.3 Å². The van der Waals surface area contributed by atoms with E-state index in [9.17, 15) is 14.0 Å². The summed E-state index contributed by atoms with van der Waals surface area (Å²) < 4.78 is 21.6. The highest BCUT2D eigenvalue weighted by Crippen LogP contribution is 2.26. The van der Waals surface area contributed by atoms with Gasteiger partial charge in [-0.2, -0.15) is 0 Å². The lowest BCUT2D eigenvalue weighted by atomic mass is 10.2. The van der Waals surface area contributed by atoms with Gasteiger partial charge in [-0.1, -0.05) is 54.6 Å². The summed E-state index contributed by atoms with van der Waals surface area (Å²) >= 11 is 0. The van der Waals surface area contributed by atoms with Gasteiger partial charge in [0.2, 0.25) is 11.9 Å². The summed E-state index contributed by atoms with van der Waals surface area (Å²) in [5, 5.41) is 2.81. The maximum atomic E-state index is 14.2. The van der Waals surface area contributed by atoms with E-state index in [0.29, 0.717) is 18.1 Å². The van der Waals surface area contributed by atoms with Gasteiger partial charge in [0, 0.05) is 24.4 Å². The zero-order valence-electron chi connectivity index (χ0n) is 20.4. The molecule has 188 valence electrons. The minimum absolute atomic E-state index is 0.0701. The standard InChI is InChI=1S/C29H27FN4O3/c1-3-17-33(28(36)24-15-8-9-16-25(24)30)20-27(35)32-29-31-26(21-11-6-5-7-12-21)19-34(29)22-13-10-14-23(18-22)37-4-2/h3,5-16,18-19H,1,4,17,20H2,2H3,(H,31,32,35). The number of halogens is 1. The highest BCUT2D eigenvalue weighted by Gasteiger charge is 2.22. The molecule has 0 unspecified atom stereocenters. The molecule has 2 amide bonds. The molecule has 4 aromatic rings. The Morgan fingerprint density at radius 2 is 1.84 bits per heavy atom. The Kier molecular flexibility index (Phi) is 8.10. The van der Waals surface area contributed by atoms with Gasteiger partial charge >= 0.3 is 0 Å². The largest absolute Gasteiger partial charge is 0.494 e. The molecular formula is C29H27FN4O3. The summed E-state index contributed by atoms with van der Waals surface area (Å²) in [6.45, 7) is 5.83. The van der Waals surface area contributed by atoms with Crippen molar-refractivity contribution >= 4 is 17.8 Å². The molecule has 0 aliphatic heterocycles. The van der Waals surface area contributed by atoms with E-state index in [-0.39, 0.29) is 24.6 Å². The predicted molar refractivity (Wildman–Crippen MR) is 141 cm³/mol. The third kappa shape index (κ3) is 6.10. The van der Waals surface area contributed by atoms with Crippen molar-refractivity contribution < 1.29 is 18.7 Å². The maximum absolute atomic E-state index is 14.2. The molecule has 4 rings (SSSR count). The topological polar surface area (TPSA) is 76.5 Å². The van der Waals surface area contributed by atoms with E-state index < -0.39 is 17.6 Å². The summed E-state index contributed by atoms with van der Waals surface area (Å²) in [5.41, 5.74) is 2.16. The highest BCUT2D eigenvalue weighted by atomic mass is 19.1. The number of amides is 2. The van der Waals surface area contributed by atoms with Crippen LogP contribution in [0.5, 0.6) is 5.75 Å². The van der Waals surface area contributed by atoms with E-state index >= 15 is 0 Å². The van der Waals surface area contributed by atoms with Gasteiger partial charge in [-0.15, -0.1) is 6.58 Å². The zero-order valence-corrected chi connectivity index (χ0v) is 20.4. The monoisotopic (exact) mass is 498 g/mol. The maximum Gasteiger partial charge on any atom is 0.257 e. The Labute approximate surface area is 214 Å². The van der Waals surface area contributed by atoms with Crippen LogP contribution in [0.3, 0.4) is 0 Å². The van der Waals surface area contributed by atoms with Crippen molar-refractivity contribution in [3.05, 3.63) is 109 Å². The summed E-state index contributed by atoms with van der Waals surface area (Å²) in [5.74, 6) is -0.793. The molecule has 1 N–H and O–H groups in total. The Morgan fingerprint density at radius 1 is 1.08 bits per heavy atom. The highest BCUT2D eigenvalue weighted by molar-refractivity contribution is 5.99. The first kappa shape index (κ1) is 25.4. The van der Waals surface area contributed by atoms with Crippen LogP contribution in [0.2, 0.25) is 0 Å². The Hall–Kier alpha value is -4.72. The van der Waals surface area contributed by atoms with Gasteiger partial charge in [0.15, 0.2) is 0 Å². The number of nitrogens with zero attached hydrogens (tertiary/aromatic N) is 3. The number of carbonyl (C=O) groups excluding carboxylic acids is 2. The normalized spacial score (nSPS) is 10.5. The summed E-state index contributed by atoms with van der Waals surface area (Å²) in [6.07, 6.45) is 3.31. The predicted octanol–water partition coefficient (Wildman–Crippen LogP) is 5.34. The molecule has 0 atom stereocenters. The molecular weight excluding hydrogens is 471 g/mol. The number of rotatable bonds is 10. The second-order valence-electron chi connectivity index (χ2n) is 8.12. The lowest BCUT2D eigenvalue weighted by molar-refractivity contribution is -0.116. The van der Waals surface area contributed by atoms with Crippen LogP contribution in [-0.2, 0) is 4.79 Å². The second kappa shape index (κ2) is 11.8. The fourth-order valence-electron chi connectivity index (χ4n) is 3.82. The van der Waals surface area contributed by atoms with E-state index in [2.05, 4.69) is 16.9 Å². The van der Waals surface area contributed by atoms with Gasteiger partial charge in [0.25, 0.3) is 5.91 Å². The van der Waals surface area contributed by atoms with Gasteiger partial charge in [-0.25, -0.2) is 9.37 Å². The van der Waals surface area contributed by atoms with Gasteiger partial charge < -0.3 is 9.64 Å². The fourth-order valence-corrected chi connectivity index (χ4v) is 3.82. The van der Waals surface area contributed by atoms with Crippen LogP contribution in [0.15, 0.2) is 97.7 Å². The zero-order chi connectivity index (χ0) is 26.2. The average molecular weight is 499 g/mol. The van der Waals surface area contributed by atoms with Crippen LogP contribution >= 0.6 is 0 Å². The number of hydrogen-bond acceptors (Lipinski definition) is 4. The van der Waals surface area contributed by atoms with Crippen molar-refractivity contribution in [2.24, 2.45) is 0 Å². The van der Waals surface area contributed by atoms with Crippen LogP contribution in [0.1, 0.15) is 17.3 Å². The molecule has 0 aliphatic rings. The number of carbonyl (C=O) groups is 2. The van der Waals surface area contributed by atoms with Gasteiger partial charge in [0.05, 0.1) is 23.6 Å². The van der Waals surface area contributed by atoms with Crippen LogP contribution in [-0.4, -0.2) is 46.0 Å². The number of nitrogens with one attached hydrogen (secondary N) is 1. The molecule has 7 nitrogen and oxygen atoms in total. The number of benzene rings is 3. The minimum atomic E-state index is -0.654. The molecule has 0 fully saturated rings. The summed E-state index contributed by atoms with van der Waals surface area (Å²) in [4.78, 5) is 31.9. The average Bonchev–Trinajstić information content (AvgIpc) is 3.33. The first-order valence-corrected chi connectivity index (χ1v) is 11.8. The molecule has 0 spiro atoms. The van der Waals surface area contributed by atoms with Crippen molar-refractivity contribution in [1.82, 2.24) is 14.5 Å². The van der Waals surface area contributed by atoms with E-state index in [1.165, 1.54) is 29.2 Å². The lowest BCUT2D eigenvalue weighted by Gasteiger charge is -2.21. The van der Waals surface area contributed by atoms with Crippen molar-refractivity contribution in [1.29, 1.82) is 0 Å². The van der Waals surface area contributed by atoms with Crippen molar-refractivity contribution in [3.8, 4) is 22.7 Å². The smallest absolute Gasteiger partial charge is 0.257 e. The fraction of sp³-hybridized carbons (Fsp3) is 0.138. The van der Waals surface area contributed by atoms with Crippen molar-refractivity contribution in [2.75, 3.05) is 25.0 Å². The third-order valence-corrected chi connectivity index (χ3v) is 5.51. The number of anilines is 1. The molecule has 1 aromatic heterocycles. The number of aromatic nitrogens is 2. The van der Waals surface area contributed by atoms with E-state index in [4.69, 9.17) is 4.74 Å². The first-order chi connectivity index (χ1) is 18.0. The Balaban J connectivity index is 1.63. The molecule has 0 aliphatic carbocycles. The van der Waals surface area contributed by atoms with E-state index in [1.54, 1.807) is 10.6 Å². The van der Waals surface area contributed by atoms with Gasteiger partial charge in [-0.3, -0.25) is 19.5 Å². The molecule has 3 aromatic carbocycles. The van der Waals surface area contributed by atoms with Crippen molar-refractivity contribution in [3.63, 3.8) is 0 Å². The first-order valence-electron chi connectivity index (χ1n) is 11.8. The molecule has 0 saturated carbocycles. The summed E-state index contributed by atoms with van der Waals surface area (Å²) in [6, 6.07) is 22.7. The number of ether oxygens (including phenoxy) is 1. The van der Waals surface area contributed by atoms with Crippen LogP contribution < -0.4 is 10.1 Å². The van der Waals surface area contributed by atoms with Crippen LogP contribution in [0.25, 0.3) is 16.9 Å². The second-order valence-corrected chi connectivity index (χ2v) is 8.12. The molecule has 37 heavy (non-hydrogen) atoms. The van der Waals surface area contributed by atoms with Gasteiger partial charge in [0.1, 0.15) is 18.1 Å². The van der Waals surface area contributed by atoms with Crippen molar-refractivity contribution in [2.45, 2.75) is 6.92 Å². The number of imidazole rings is 1. The SMILES string of the molecule is C=CCN(CC(=O)Nc1nc(-c2ccccc2)cn1-c1cccc(OCC)c1)C(=O)c1ccccc1F. The Bertz CT molecular complexity index is 1400. The molecule has 0 saturated heterocycles. The quantitative estimate of drug-likeness (QED) is 0.299. The van der Waals surface area contributed by atoms with Crippen LogP contribution in [0, 0.1) is 5.82 Å².